The van der Waals surface area contributed by atoms with E-state index in [0.29, 0.717) is 57.5 Å². The first-order valence-corrected chi connectivity index (χ1v) is 11.7. The van der Waals surface area contributed by atoms with Crippen LogP contribution in [0.4, 0.5) is 15.8 Å². The molecule has 0 unspecified atom stereocenters. The number of pyridine rings is 1. The zero-order chi connectivity index (χ0) is 26.9. The number of hydroxylamine groups is 1. The van der Waals surface area contributed by atoms with Crippen molar-refractivity contribution >= 4 is 34.1 Å². The summed E-state index contributed by atoms with van der Waals surface area (Å²) in [6.07, 6.45) is 2.19. The van der Waals surface area contributed by atoms with Crippen LogP contribution in [0.5, 0.6) is 23.0 Å². The van der Waals surface area contributed by atoms with E-state index in [1.165, 1.54) is 36.4 Å². The molecule has 9 nitrogen and oxygen atoms in total. The number of nitrogens with one attached hydrogen (secondary N) is 1. The number of anilines is 2. The summed E-state index contributed by atoms with van der Waals surface area (Å²) < 4.78 is 29.9. The van der Waals surface area contributed by atoms with Gasteiger partial charge in [0.2, 0.25) is 5.91 Å². The zero-order valence-corrected chi connectivity index (χ0v) is 20.6. The van der Waals surface area contributed by atoms with Gasteiger partial charge in [-0.3, -0.25) is 19.8 Å². The minimum atomic E-state index is -1.38. The molecule has 2 N–H and O–H groups in total. The summed E-state index contributed by atoms with van der Waals surface area (Å²) >= 11 is 0. The van der Waals surface area contributed by atoms with Gasteiger partial charge in [0, 0.05) is 23.3 Å². The number of fused-ring (bicyclic) bond motifs is 1. The lowest BCUT2D eigenvalue weighted by molar-refractivity contribution is -0.136. The van der Waals surface area contributed by atoms with Crippen LogP contribution >= 0.6 is 0 Å². The predicted octanol–water partition coefficient (Wildman–Crippen LogP) is 5.32. The maximum atomic E-state index is 13.1. The number of carbonyl (C=O) groups is 2. The average Bonchev–Trinajstić information content (AvgIpc) is 3.75. The monoisotopic (exact) mass is 517 g/mol. The number of rotatable bonds is 8. The number of ether oxygens (including phenoxy) is 3. The summed E-state index contributed by atoms with van der Waals surface area (Å²) in [5, 5.41) is 14.4. The Morgan fingerprint density at radius 3 is 2.24 bits per heavy atom. The van der Waals surface area contributed by atoms with Gasteiger partial charge in [0.25, 0.3) is 5.91 Å². The van der Waals surface area contributed by atoms with Crippen molar-refractivity contribution in [2.75, 3.05) is 24.6 Å². The molecule has 0 bridgehead atoms. The molecule has 1 saturated carbocycles. The highest BCUT2D eigenvalue weighted by Gasteiger charge is 2.58. The van der Waals surface area contributed by atoms with Gasteiger partial charge in [0.15, 0.2) is 11.5 Å². The van der Waals surface area contributed by atoms with Crippen LogP contribution in [-0.4, -0.2) is 36.2 Å². The van der Waals surface area contributed by atoms with E-state index in [2.05, 4.69) is 10.3 Å². The van der Waals surface area contributed by atoms with Crippen molar-refractivity contribution in [3.8, 4) is 23.0 Å². The number of hydrogen-bond acceptors (Lipinski definition) is 7. The molecular formula is C28H24FN3O6. The molecule has 0 spiro atoms. The first kappa shape index (κ1) is 25.0. The molecule has 1 aliphatic rings. The number of benzene rings is 3. The molecule has 1 fully saturated rings. The minimum absolute atomic E-state index is 0.175. The normalized spacial score (nSPS) is 13.5. The summed E-state index contributed by atoms with van der Waals surface area (Å²) in [4.78, 5) is 30.2. The Kier molecular flexibility index (Phi) is 6.56. The van der Waals surface area contributed by atoms with Gasteiger partial charge in [-0.2, -0.15) is 5.06 Å². The zero-order valence-electron chi connectivity index (χ0n) is 20.6. The fourth-order valence-electron chi connectivity index (χ4n) is 4.09. The summed E-state index contributed by atoms with van der Waals surface area (Å²) in [6, 6.07) is 16.7. The minimum Gasteiger partial charge on any atom is -0.493 e. The van der Waals surface area contributed by atoms with Crippen molar-refractivity contribution in [1.82, 2.24) is 4.98 Å². The summed E-state index contributed by atoms with van der Waals surface area (Å²) in [5.41, 5.74) is -0.193. The van der Waals surface area contributed by atoms with Gasteiger partial charge in [-0.1, -0.05) is 0 Å². The van der Waals surface area contributed by atoms with Crippen LogP contribution in [0.1, 0.15) is 12.8 Å². The van der Waals surface area contributed by atoms with E-state index in [-0.39, 0.29) is 5.69 Å². The van der Waals surface area contributed by atoms with Crippen molar-refractivity contribution in [1.29, 1.82) is 0 Å². The molecule has 3 aromatic carbocycles. The van der Waals surface area contributed by atoms with Crippen LogP contribution in [0.2, 0.25) is 0 Å². The Bertz CT molecular complexity index is 1500. The van der Waals surface area contributed by atoms with Crippen LogP contribution < -0.4 is 24.6 Å². The molecule has 194 valence electrons. The fourth-order valence-corrected chi connectivity index (χ4v) is 4.09. The second kappa shape index (κ2) is 9.98. The molecule has 38 heavy (non-hydrogen) atoms. The van der Waals surface area contributed by atoms with Gasteiger partial charge in [-0.25, -0.2) is 4.39 Å². The molecule has 0 atom stereocenters. The Balaban J connectivity index is 1.31. The highest BCUT2D eigenvalue weighted by molar-refractivity contribution is 6.17. The van der Waals surface area contributed by atoms with Crippen LogP contribution in [-0.2, 0) is 9.59 Å². The SMILES string of the molecule is COc1cc2nccc(Oc3ccc(N(O)C(=O)C4(C(=O)Nc5ccc(F)cc5)CC4)cc3)c2cc1OC. The molecule has 5 rings (SSSR count). The highest BCUT2D eigenvalue weighted by atomic mass is 19.1. The smallest absolute Gasteiger partial charge is 0.266 e. The Hall–Kier alpha value is -4.70. The van der Waals surface area contributed by atoms with Gasteiger partial charge in [0.05, 0.1) is 25.4 Å². The molecule has 4 aromatic rings. The van der Waals surface area contributed by atoms with Gasteiger partial charge in [-0.05, 0) is 73.5 Å². The van der Waals surface area contributed by atoms with Crippen molar-refractivity contribution in [2.45, 2.75) is 12.8 Å². The number of hydrogen-bond donors (Lipinski definition) is 2. The highest BCUT2D eigenvalue weighted by Crippen LogP contribution is 2.48. The van der Waals surface area contributed by atoms with Crippen LogP contribution in [0.3, 0.4) is 0 Å². The second-order valence-corrected chi connectivity index (χ2v) is 8.79. The first-order valence-electron chi connectivity index (χ1n) is 11.7. The van der Waals surface area contributed by atoms with E-state index in [1.807, 2.05) is 0 Å². The van der Waals surface area contributed by atoms with Crippen LogP contribution in [0.15, 0.2) is 72.9 Å². The largest absolute Gasteiger partial charge is 0.493 e. The third-order valence-electron chi connectivity index (χ3n) is 6.40. The lowest BCUT2D eigenvalue weighted by Gasteiger charge is -2.21. The van der Waals surface area contributed by atoms with E-state index in [4.69, 9.17) is 14.2 Å². The number of nitrogens with zero attached hydrogens (tertiary/aromatic N) is 2. The van der Waals surface area contributed by atoms with Crippen molar-refractivity contribution in [3.63, 3.8) is 0 Å². The van der Waals surface area contributed by atoms with E-state index >= 15 is 0 Å². The van der Waals surface area contributed by atoms with Crippen molar-refractivity contribution in [3.05, 3.63) is 78.7 Å². The summed E-state index contributed by atoms with van der Waals surface area (Å²) in [7, 11) is 3.09. The van der Waals surface area contributed by atoms with Crippen molar-refractivity contribution < 1.29 is 33.4 Å². The summed E-state index contributed by atoms with van der Waals surface area (Å²) in [6.45, 7) is 0. The Labute approximate surface area is 217 Å². The fraction of sp³-hybridized carbons (Fsp3) is 0.179. The van der Waals surface area contributed by atoms with Crippen LogP contribution in [0.25, 0.3) is 10.9 Å². The van der Waals surface area contributed by atoms with E-state index in [1.54, 1.807) is 50.7 Å². The van der Waals surface area contributed by atoms with Gasteiger partial charge in [0.1, 0.15) is 22.7 Å². The molecule has 2 amide bonds. The summed E-state index contributed by atoms with van der Waals surface area (Å²) in [5.74, 6) is 0.312. The molecule has 0 aliphatic heterocycles. The maximum Gasteiger partial charge on any atom is 0.266 e. The van der Waals surface area contributed by atoms with E-state index in [9.17, 15) is 19.2 Å². The third kappa shape index (κ3) is 4.69. The average molecular weight is 518 g/mol. The van der Waals surface area contributed by atoms with E-state index in [0.717, 1.165) is 0 Å². The quantitative estimate of drug-likeness (QED) is 0.185. The van der Waals surface area contributed by atoms with E-state index < -0.39 is 23.0 Å². The number of halogens is 1. The molecular weight excluding hydrogens is 493 g/mol. The Morgan fingerprint density at radius 1 is 0.947 bits per heavy atom. The maximum absolute atomic E-state index is 13.1. The molecule has 0 radical (unpaired) electrons. The number of methoxy groups -OCH3 is 2. The number of carbonyl (C=O) groups excluding carboxylic acids is 2. The first-order chi connectivity index (χ1) is 18.3. The van der Waals surface area contributed by atoms with Gasteiger partial charge in [-0.15, -0.1) is 0 Å². The predicted molar refractivity (Wildman–Crippen MR) is 137 cm³/mol. The standard InChI is InChI=1S/C28H24FN3O6/c1-36-24-15-21-22(16-25(24)37-2)30-14-11-23(21)38-20-9-7-19(8-10-20)32(35)27(34)28(12-13-28)26(33)31-18-5-3-17(29)4-6-18/h3-11,14-16,35H,12-13H2,1-2H3,(H,31,33). The van der Waals surface area contributed by atoms with Gasteiger partial charge >= 0.3 is 0 Å². The molecule has 0 saturated heterocycles. The molecule has 1 aliphatic carbocycles. The lowest BCUT2D eigenvalue weighted by Crippen LogP contribution is -2.41. The number of aromatic nitrogens is 1. The molecule has 1 aromatic heterocycles. The van der Waals surface area contributed by atoms with Crippen LogP contribution in [0, 0.1) is 11.2 Å². The molecule has 1 heterocycles. The topological polar surface area (TPSA) is 110 Å². The third-order valence-corrected chi connectivity index (χ3v) is 6.40. The molecule has 10 heteroatoms. The van der Waals surface area contributed by atoms with Gasteiger partial charge < -0.3 is 19.5 Å². The Morgan fingerprint density at radius 2 is 1.61 bits per heavy atom. The van der Waals surface area contributed by atoms with Crippen molar-refractivity contribution in [2.24, 2.45) is 5.41 Å². The number of amides is 2. The lowest BCUT2D eigenvalue weighted by atomic mass is 10.0. The second-order valence-electron chi connectivity index (χ2n) is 8.79.